The number of aliphatic hydroxyl groups is 4. The largest absolute Gasteiger partial charge is 0.508 e. The molecule has 35 N–H and O–H groups in total. The summed E-state index contributed by atoms with van der Waals surface area (Å²) in [7, 11) is 0. The monoisotopic (exact) mass is 1860 g/mol. The van der Waals surface area contributed by atoms with Gasteiger partial charge in [0, 0.05) is 44.6 Å². The molecule has 0 aromatic heterocycles. The van der Waals surface area contributed by atoms with Crippen LogP contribution in [0.1, 0.15) is 94.7 Å². The average Bonchev–Trinajstić information content (AvgIpc) is 0.607. The van der Waals surface area contributed by atoms with E-state index in [4.69, 9.17) is 39.5 Å². The third-order valence-corrected chi connectivity index (χ3v) is 20.6. The molecule has 48 nitrogen and oxygen atoms in total. The first kappa shape index (κ1) is 109. The Morgan fingerprint density at radius 2 is 0.715 bits per heavy atom. The molecule has 130 heavy (non-hydrogen) atoms. The van der Waals surface area contributed by atoms with Gasteiger partial charge in [-0.25, -0.2) is 0 Å². The number of nitrogens with one attached hydrogen (secondary N) is 19. The van der Waals surface area contributed by atoms with E-state index in [0.29, 0.717) is 17.3 Å². The number of aliphatic hydroxyl groups excluding tert-OH is 4. The summed E-state index contributed by atoms with van der Waals surface area (Å²) in [6.07, 6.45) is -11.1. The highest BCUT2D eigenvalue weighted by Crippen LogP contribution is 2.19. The summed E-state index contributed by atoms with van der Waals surface area (Å²) in [6, 6.07) is -9.23. The number of benzene rings is 3. The summed E-state index contributed by atoms with van der Waals surface area (Å²) < 4.78 is 40.0. The molecule has 52 heteroatoms. The molecule has 0 aliphatic carbocycles. The maximum absolute atomic E-state index is 15.1. The van der Waals surface area contributed by atoms with Crippen LogP contribution in [-0.4, -0.2) is 297 Å². The SMILES string of the molecule is CC[C@H](C)[C@@H]1NC(=O)[C@H](CCCNC(=N)N)NC(=O)[C@H](Cc2ccccc2)NC(=O)[C@H](CC(N)=O)NC(=O)[C@H](CO)NC(=O)[C@H](Cc2ccc(O)cc2)NC(=O)CSC[C@@H](C(N)=O)NC(=O)[C@H](CO)NC(=O)[C@H](CO)NC(=O)[C@H](CC(N)=O)NC(=O)[C@H](CO)NC(=O)[C@H](Cc2ccc(O)cc2)NC(=O)[C@H](CCCNC(=N)N)NC(=O)[C@H](CCCCNC(=O)C(F)(F)F)NC1=O. The van der Waals surface area contributed by atoms with E-state index in [0.717, 1.165) is 0 Å². The summed E-state index contributed by atoms with van der Waals surface area (Å²) in [5, 5.41) is 117. The molecule has 15 atom stereocenters. The molecule has 18 amide bonds. The number of phenols is 2. The maximum Gasteiger partial charge on any atom is 0.471 e. The van der Waals surface area contributed by atoms with Crippen LogP contribution in [0, 0.1) is 16.7 Å². The molecule has 716 valence electrons. The standard InChI is InChI=1S/C78H113F3N24O24S/c1-3-38(2)60-74(128)95-44(13-7-8-24-89-75(129)78(79,80)81)62(116)93-45(14-9-25-90-76(85)86)63(117)96-49(29-41-18-22-43(111)23-19-41)67(121)101-53(33-107)71(125)99-51(31-58(83)113)69(123)102-54(34-108)72(126)103-55(35-109)73(127)104-56(61(84)115)36-130-37-59(114)92-47(28-40-16-20-42(110)21-17-40)65(119)100-52(32-106)70(124)98-50(30-57(82)112)68(122)97-48(27-39-11-5-4-6-12-39)66(120)94-46(64(118)105-60)15-10-26-91-77(87)88/h4-6,11-12,16-23,38,44-56,60,106-111H,3,7-10,13-15,24-37H2,1-2H3,(H2,82,112)(H2,83,113)(H2,84,115)(H,89,129)(H,92,114)(H,93,116)(H,94,120)(H,95,128)(H,96,117)(H,97,122)(H,98,124)(H,99,125)(H,100,119)(H,101,121)(H,102,123)(H,103,126)(H,104,127)(H,105,118)(H4,85,86,90)(H4,87,88,91)/t38-,44-,45-,46-,47-,48-,49-,50-,51-,52-,53-,54-,55-,56-,60-/m0/s1. The fourth-order valence-corrected chi connectivity index (χ4v) is 13.2. The molecule has 0 radical (unpaired) electrons. The quantitative estimate of drug-likeness (QED) is 0.0167. The first-order chi connectivity index (χ1) is 61.4. The van der Waals surface area contributed by atoms with Crippen LogP contribution in [0.2, 0.25) is 0 Å². The van der Waals surface area contributed by atoms with Crippen LogP contribution in [0.15, 0.2) is 78.9 Å². The average molecular weight is 1860 g/mol. The lowest BCUT2D eigenvalue weighted by Gasteiger charge is -2.30. The van der Waals surface area contributed by atoms with Gasteiger partial charge in [0.05, 0.1) is 45.0 Å². The zero-order valence-corrected chi connectivity index (χ0v) is 71.5. The minimum atomic E-state index is -5.33. The van der Waals surface area contributed by atoms with Crippen LogP contribution >= 0.6 is 11.8 Å². The second kappa shape index (κ2) is 55.1. The second-order valence-corrected chi connectivity index (χ2v) is 30.9. The summed E-state index contributed by atoms with van der Waals surface area (Å²) in [6.45, 7) is -3.17. The van der Waals surface area contributed by atoms with Crippen molar-refractivity contribution in [1.29, 1.82) is 10.8 Å². The number of rotatable bonds is 30. The number of amides is 18. The van der Waals surface area contributed by atoms with E-state index in [-0.39, 0.29) is 74.2 Å². The van der Waals surface area contributed by atoms with E-state index in [1.54, 1.807) is 30.4 Å². The number of aromatic hydroxyl groups is 2. The molecule has 1 aliphatic rings. The van der Waals surface area contributed by atoms with E-state index >= 15 is 14.4 Å². The predicted octanol–water partition coefficient (Wildman–Crippen LogP) is -10.7. The number of thioether (sulfide) groups is 1. The summed E-state index contributed by atoms with van der Waals surface area (Å²) in [4.78, 5) is 252. The van der Waals surface area contributed by atoms with Crippen molar-refractivity contribution < 1.29 is 130 Å². The van der Waals surface area contributed by atoms with Gasteiger partial charge < -0.3 is 150 Å². The highest BCUT2D eigenvalue weighted by atomic mass is 32.2. The Bertz CT molecular complexity index is 4440. The lowest BCUT2D eigenvalue weighted by molar-refractivity contribution is -0.173. The van der Waals surface area contributed by atoms with E-state index in [1.165, 1.54) is 67.6 Å². The molecule has 3 aromatic rings. The van der Waals surface area contributed by atoms with Crippen molar-refractivity contribution >= 4 is 130 Å². The fraction of sp³-hybridized carbons (Fsp3) is 0.513. The smallest absolute Gasteiger partial charge is 0.471 e. The van der Waals surface area contributed by atoms with Crippen molar-refractivity contribution in [2.75, 3.05) is 57.6 Å². The van der Waals surface area contributed by atoms with Gasteiger partial charge in [0.25, 0.3) is 0 Å². The highest BCUT2D eigenvalue weighted by molar-refractivity contribution is 8.00. The highest BCUT2D eigenvalue weighted by Gasteiger charge is 2.41. The van der Waals surface area contributed by atoms with Crippen molar-refractivity contribution in [3.63, 3.8) is 0 Å². The van der Waals surface area contributed by atoms with Gasteiger partial charge in [-0.05, 0) is 91.8 Å². The zero-order valence-electron chi connectivity index (χ0n) is 70.7. The Morgan fingerprint density at radius 3 is 1.08 bits per heavy atom. The summed E-state index contributed by atoms with van der Waals surface area (Å²) in [5.74, 6) is -27.9. The molecule has 1 saturated heterocycles. The van der Waals surface area contributed by atoms with Crippen LogP contribution < -0.4 is 119 Å². The fourth-order valence-electron chi connectivity index (χ4n) is 12.4. The second-order valence-electron chi connectivity index (χ2n) is 29.9. The topological polar surface area (TPSA) is 811 Å². The number of guanidine groups is 2. The lowest BCUT2D eigenvalue weighted by atomic mass is 9.96. The third kappa shape index (κ3) is 38.8. The molecule has 4 rings (SSSR count). The molecule has 0 bridgehead atoms. The van der Waals surface area contributed by atoms with Crippen LogP contribution in [0.25, 0.3) is 0 Å². The van der Waals surface area contributed by atoms with Gasteiger partial charge >= 0.3 is 12.1 Å². The van der Waals surface area contributed by atoms with Crippen molar-refractivity contribution in [2.45, 2.75) is 188 Å². The number of carbonyl (C=O) groups excluding carboxylic acids is 18. The molecule has 0 unspecified atom stereocenters. The number of hydrogen-bond donors (Lipinski definition) is 30. The van der Waals surface area contributed by atoms with Gasteiger partial charge in [-0.15, -0.1) is 11.8 Å². The summed E-state index contributed by atoms with van der Waals surface area (Å²) >= 11 is 0.601. The van der Waals surface area contributed by atoms with Crippen molar-refractivity contribution in [2.24, 2.45) is 34.6 Å². The van der Waals surface area contributed by atoms with E-state index < -0.39 is 304 Å². The van der Waals surface area contributed by atoms with Gasteiger partial charge in [0.2, 0.25) is 100 Å². The number of unbranched alkanes of at least 4 members (excludes halogenated alkanes) is 1. The van der Waals surface area contributed by atoms with Crippen molar-refractivity contribution in [3.8, 4) is 11.5 Å². The minimum Gasteiger partial charge on any atom is -0.508 e. The number of phenolic OH excluding ortho intramolecular Hbond substituents is 2. The molecule has 1 fully saturated rings. The van der Waals surface area contributed by atoms with E-state index in [1.807, 2.05) is 10.6 Å². The van der Waals surface area contributed by atoms with Crippen LogP contribution in [0.3, 0.4) is 0 Å². The van der Waals surface area contributed by atoms with Gasteiger partial charge in [-0.2, -0.15) is 13.2 Å². The van der Waals surface area contributed by atoms with Crippen LogP contribution in [0.4, 0.5) is 13.2 Å². The Balaban J connectivity index is 1.96. The maximum atomic E-state index is 15.1. The molecule has 3 aromatic carbocycles. The lowest BCUT2D eigenvalue weighted by Crippen LogP contribution is -2.62. The number of hydrogen-bond acceptors (Lipinski definition) is 27. The molecule has 0 spiro atoms. The summed E-state index contributed by atoms with van der Waals surface area (Å²) in [5.41, 5.74) is 28.5. The molecular weight excluding hydrogens is 1750 g/mol. The Hall–Kier alpha value is -13.8. The Labute approximate surface area is 745 Å². The first-order valence-electron chi connectivity index (χ1n) is 40.6. The number of alkyl halides is 3. The van der Waals surface area contributed by atoms with Gasteiger partial charge in [-0.1, -0.05) is 74.9 Å². The Kier molecular flexibility index (Phi) is 46.0. The van der Waals surface area contributed by atoms with Crippen LogP contribution in [0.5, 0.6) is 11.5 Å². The molecule has 1 heterocycles. The first-order valence-corrected chi connectivity index (χ1v) is 41.8. The number of primary amides is 3. The Morgan fingerprint density at radius 1 is 0.408 bits per heavy atom. The normalized spacial score (nSPS) is 23.5. The molecule has 0 saturated carbocycles. The van der Waals surface area contributed by atoms with Crippen molar-refractivity contribution in [1.82, 2.24) is 90.4 Å². The predicted molar refractivity (Wildman–Crippen MR) is 454 cm³/mol. The zero-order chi connectivity index (χ0) is 97.1. The number of nitrogens with two attached hydrogens (primary N) is 5. The van der Waals surface area contributed by atoms with Crippen molar-refractivity contribution in [3.05, 3.63) is 95.6 Å². The minimum absolute atomic E-state index is 0.0468. The van der Waals surface area contributed by atoms with E-state index in [2.05, 4.69) is 74.4 Å². The van der Waals surface area contributed by atoms with Crippen LogP contribution in [-0.2, 0) is 106 Å². The van der Waals surface area contributed by atoms with Gasteiger partial charge in [0.15, 0.2) is 11.9 Å². The molecular formula is C78H113F3N24O24S. The van der Waals surface area contributed by atoms with Gasteiger partial charge in [0.1, 0.15) is 96.1 Å². The molecule has 1 aliphatic heterocycles. The number of halogens is 3. The number of carbonyl (C=O) groups is 18. The third-order valence-electron chi connectivity index (χ3n) is 19.6. The van der Waals surface area contributed by atoms with Gasteiger partial charge in [-0.3, -0.25) is 97.1 Å². The van der Waals surface area contributed by atoms with E-state index in [9.17, 15) is 116 Å².